The van der Waals surface area contributed by atoms with E-state index in [0.29, 0.717) is 5.69 Å². The molecule has 0 unspecified atom stereocenters. The molecule has 0 spiro atoms. The van der Waals surface area contributed by atoms with Crippen LogP contribution in [0.3, 0.4) is 0 Å². The summed E-state index contributed by atoms with van der Waals surface area (Å²) < 4.78 is 52.3. The summed E-state index contributed by atoms with van der Waals surface area (Å²) in [6.45, 7) is 0. The highest BCUT2D eigenvalue weighted by Crippen LogP contribution is 2.27. The minimum Gasteiger partial charge on any atom is -0.382 e. The molecule has 1 aliphatic rings. The van der Waals surface area contributed by atoms with Crippen molar-refractivity contribution in [3.8, 4) is 0 Å². The maximum absolute atomic E-state index is 12.3. The molecule has 0 atom stereocenters. The van der Waals surface area contributed by atoms with Gasteiger partial charge >= 0.3 is 5.76 Å². The number of rotatable bonds is 5. The second kappa shape index (κ2) is 5.42. The fourth-order valence-electron chi connectivity index (χ4n) is 1.96. The zero-order valence-corrected chi connectivity index (χ0v) is 11.2. The Morgan fingerprint density at radius 3 is 2.32 bits per heavy atom. The summed E-state index contributed by atoms with van der Waals surface area (Å²) in [5, 5.41) is 3.19. The van der Waals surface area contributed by atoms with E-state index in [2.05, 4.69) is 5.32 Å². The van der Waals surface area contributed by atoms with Crippen LogP contribution in [0.2, 0.25) is 0 Å². The van der Waals surface area contributed by atoms with E-state index in [0.717, 1.165) is 12.8 Å². The van der Waals surface area contributed by atoms with Crippen LogP contribution in [0.4, 0.5) is 14.5 Å². The van der Waals surface area contributed by atoms with Gasteiger partial charge in [-0.1, -0.05) is 0 Å². The van der Waals surface area contributed by atoms with E-state index in [1.54, 1.807) is 7.11 Å². The summed E-state index contributed by atoms with van der Waals surface area (Å²) in [6, 6.07) is 5.65. The molecule has 2 rings (SSSR count). The van der Waals surface area contributed by atoms with Gasteiger partial charge < -0.3 is 10.1 Å². The number of ether oxygens (including phenoxy) is 1. The van der Waals surface area contributed by atoms with Crippen molar-refractivity contribution in [3.63, 3.8) is 0 Å². The molecule has 1 aliphatic carbocycles. The van der Waals surface area contributed by atoms with Gasteiger partial charge in [0.15, 0.2) is 0 Å². The summed E-state index contributed by atoms with van der Waals surface area (Å²) in [7, 11) is -2.85. The summed E-state index contributed by atoms with van der Waals surface area (Å²) in [5.74, 6) is -3.39. The summed E-state index contributed by atoms with van der Waals surface area (Å²) in [4.78, 5) is -0.364. The van der Waals surface area contributed by atoms with Crippen molar-refractivity contribution in [2.45, 2.75) is 35.6 Å². The number of benzene rings is 1. The third kappa shape index (κ3) is 3.03. The Morgan fingerprint density at radius 2 is 1.84 bits per heavy atom. The summed E-state index contributed by atoms with van der Waals surface area (Å²) >= 11 is 0. The maximum Gasteiger partial charge on any atom is 0.341 e. The molecule has 0 radical (unpaired) electrons. The van der Waals surface area contributed by atoms with Crippen LogP contribution in [0.5, 0.6) is 0 Å². The number of anilines is 1. The van der Waals surface area contributed by atoms with E-state index in [4.69, 9.17) is 4.74 Å². The van der Waals surface area contributed by atoms with Crippen LogP contribution < -0.4 is 5.32 Å². The number of alkyl halides is 2. The average molecular weight is 291 g/mol. The molecular formula is C12H15F2NO3S. The second-order valence-electron chi connectivity index (χ2n) is 4.50. The lowest BCUT2D eigenvalue weighted by atomic mass is 9.89. The highest BCUT2D eigenvalue weighted by Gasteiger charge is 2.29. The van der Waals surface area contributed by atoms with Crippen molar-refractivity contribution in [2.75, 3.05) is 12.4 Å². The van der Waals surface area contributed by atoms with Gasteiger partial charge in [-0.3, -0.25) is 0 Å². The van der Waals surface area contributed by atoms with Crippen LogP contribution >= 0.6 is 0 Å². The van der Waals surface area contributed by atoms with Gasteiger partial charge in [-0.2, -0.15) is 8.78 Å². The monoisotopic (exact) mass is 291 g/mol. The standard InChI is InChI=1S/C12H15F2NO3S/c1-18-10-6-9(7-10)15-8-2-4-11(5-3-8)19(16,17)12(13)14/h2-5,9-10,12,15H,6-7H2,1H3. The van der Waals surface area contributed by atoms with E-state index < -0.39 is 15.6 Å². The predicted molar refractivity (Wildman–Crippen MR) is 67.1 cm³/mol. The van der Waals surface area contributed by atoms with Gasteiger partial charge in [0.1, 0.15) is 0 Å². The van der Waals surface area contributed by atoms with Crippen LogP contribution in [0.25, 0.3) is 0 Å². The molecule has 4 nitrogen and oxygen atoms in total. The third-order valence-electron chi connectivity index (χ3n) is 3.22. The molecule has 106 valence electrons. The number of nitrogens with one attached hydrogen (secondary N) is 1. The zero-order valence-electron chi connectivity index (χ0n) is 10.3. The highest BCUT2D eigenvalue weighted by molar-refractivity contribution is 7.91. The molecule has 0 aliphatic heterocycles. The van der Waals surface area contributed by atoms with Crippen molar-refractivity contribution < 1.29 is 21.9 Å². The topological polar surface area (TPSA) is 55.4 Å². The molecule has 1 saturated carbocycles. The molecule has 1 aromatic rings. The largest absolute Gasteiger partial charge is 0.382 e. The number of methoxy groups -OCH3 is 1. The van der Waals surface area contributed by atoms with Crippen LogP contribution in [-0.4, -0.2) is 33.4 Å². The zero-order chi connectivity index (χ0) is 14.0. The van der Waals surface area contributed by atoms with E-state index in [1.807, 2.05) is 0 Å². The van der Waals surface area contributed by atoms with Crippen molar-refractivity contribution in [1.82, 2.24) is 0 Å². The van der Waals surface area contributed by atoms with Crippen molar-refractivity contribution in [3.05, 3.63) is 24.3 Å². The first kappa shape index (κ1) is 14.2. The van der Waals surface area contributed by atoms with Crippen LogP contribution in [-0.2, 0) is 14.6 Å². The summed E-state index contributed by atoms with van der Waals surface area (Å²) in [6.07, 6.45) is 2.03. The maximum atomic E-state index is 12.3. The molecule has 0 bridgehead atoms. The smallest absolute Gasteiger partial charge is 0.341 e. The van der Waals surface area contributed by atoms with Gasteiger partial charge in [0.05, 0.1) is 11.0 Å². The summed E-state index contributed by atoms with van der Waals surface area (Å²) in [5.41, 5.74) is 0.716. The van der Waals surface area contributed by atoms with E-state index in [9.17, 15) is 17.2 Å². The molecule has 1 aromatic carbocycles. The Kier molecular flexibility index (Phi) is 4.05. The van der Waals surface area contributed by atoms with Gasteiger partial charge in [0.2, 0.25) is 9.84 Å². The molecule has 7 heteroatoms. The normalized spacial score (nSPS) is 23.2. The first-order chi connectivity index (χ1) is 8.93. The van der Waals surface area contributed by atoms with Gasteiger partial charge in [0, 0.05) is 18.8 Å². The van der Waals surface area contributed by atoms with Crippen LogP contribution in [0.15, 0.2) is 29.2 Å². The fraction of sp³-hybridized carbons (Fsp3) is 0.500. The Hall–Kier alpha value is -1.21. The molecule has 0 amide bonds. The number of hydrogen-bond donors (Lipinski definition) is 1. The van der Waals surface area contributed by atoms with Gasteiger partial charge in [-0.15, -0.1) is 0 Å². The highest BCUT2D eigenvalue weighted by atomic mass is 32.2. The molecule has 19 heavy (non-hydrogen) atoms. The fourth-order valence-corrected chi connectivity index (χ4v) is 2.68. The molecule has 0 aromatic heterocycles. The molecule has 1 N–H and O–H groups in total. The van der Waals surface area contributed by atoms with Crippen LogP contribution in [0.1, 0.15) is 12.8 Å². The quantitative estimate of drug-likeness (QED) is 0.904. The van der Waals surface area contributed by atoms with Gasteiger partial charge in [-0.05, 0) is 37.1 Å². The Labute approximate surface area is 110 Å². The number of hydrogen-bond acceptors (Lipinski definition) is 4. The van der Waals surface area contributed by atoms with Crippen molar-refractivity contribution in [2.24, 2.45) is 0 Å². The molecule has 0 saturated heterocycles. The van der Waals surface area contributed by atoms with Crippen molar-refractivity contribution in [1.29, 1.82) is 0 Å². The predicted octanol–water partition coefficient (Wildman–Crippen LogP) is 2.27. The third-order valence-corrected chi connectivity index (χ3v) is 4.61. The Balaban J connectivity index is 2.00. The average Bonchev–Trinajstić information content (AvgIpc) is 2.33. The van der Waals surface area contributed by atoms with E-state index in [-0.39, 0.29) is 17.0 Å². The minimum absolute atomic E-state index is 0.260. The van der Waals surface area contributed by atoms with E-state index in [1.165, 1.54) is 24.3 Å². The van der Waals surface area contributed by atoms with Gasteiger partial charge in [0.25, 0.3) is 0 Å². The number of halogens is 2. The van der Waals surface area contributed by atoms with Crippen LogP contribution in [0, 0.1) is 0 Å². The van der Waals surface area contributed by atoms with Gasteiger partial charge in [-0.25, -0.2) is 8.42 Å². The molecule has 0 heterocycles. The number of sulfone groups is 1. The Morgan fingerprint density at radius 1 is 1.26 bits per heavy atom. The van der Waals surface area contributed by atoms with E-state index >= 15 is 0 Å². The molecule has 1 fully saturated rings. The lowest BCUT2D eigenvalue weighted by Gasteiger charge is -2.35. The Bertz CT molecular complexity index is 524. The SMILES string of the molecule is COC1CC(Nc2ccc(S(=O)(=O)C(F)F)cc2)C1. The second-order valence-corrected chi connectivity index (χ2v) is 6.42. The lowest BCUT2D eigenvalue weighted by Crippen LogP contribution is -2.40. The first-order valence-electron chi connectivity index (χ1n) is 5.85. The molecular weight excluding hydrogens is 276 g/mol. The minimum atomic E-state index is -4.51. The lowest BCUT2D eigenvalue weighted by molar-refractivity contribution is 0.0329. The van der Waals surface area contributed by atoms with Crippen molar-refractivity contribution >= 4 is 15.5 Å². The first-order valence-corrected chi connectivity index (χ1v) is 7.39.